The lowest BCUT2D eigenvalue weighted by molar-refractivity contribution is 0.0697. The van der Waals surface area contributed by atoms with Gasteiger partial charge in [0.25, 0.3) is 0 Å². The summed E-state index contributed by atoms with van der Waals surface area (Å²) in [6.45, 7) is 5.90. The lowest BCUT2D eigenvalue weighted by Gasteiger charge is -2.18. The van der Waals surface area contributed by atoms with E-state index in [1.165, 1.54) is 24.3 Å². The van der Waals surface area contributed by atoms with E-state index in [4.69, 9.17) is 5.11 Å². The predicted octanol–water partition coefficient (Wildman–Crippen LogP) is 2.56. The average Bonchev–Trinajstić information content (AvgIpc) is 2.25. The molecule has 5 nitrogen and oxygen atoms in total. The van der Waals surface area contributed by atoms with Crippen LogP contribution in [0.4, 0.5) is 5.69 Å². The van der Waals surface area contributed by atoms with Gasteiger partial charge in [-0.15, -0.1) is 0 Å². The molecule has 0 amide bonds. The fraction of sp³-hybridized carbons (Fsp3) is 0.462. The van der Waals surface area contributed by atoms with E-state index in [2.05, 4.69) is 4.72 Å². The number of sulfonamides is 1. The Hall–Kier alpha value is -1.56. The summed E-state index contributed by atoms with van der Waals surface area (Å²) in [4.78, 5) is 10.8. The Morgan fingerprint density at radius 2 is 1.95 bits per heavy atom. The lowest BCUT2D eigenvalue weighted by atomic mass is 9.94. The van der Waals surface area contributed by atoms with Crippen LogP contribution in [-0.4, -0.2) is 25.2 Å². The van der Waals surface area contributed by atoms with Crippen LogP contribution in [0.1, 0.15) is 37.6 Å². The molecule has 0 saturated carbocycles. The Bertz CT molecular complexity index is 558. The molecule has 0 fully saturated rings. The molecule has 1 aromatic carbocycles. The van der Waals surface area contributed by atoms with Gasteiger partial charge in [-0.25, -0.2) is 13.2 Å². The normalized spacial score (nSPS) is 12.2. The fourth-order valence-corrected chi connectivity index (χ4v) is 2.86. The summed E-state index contributed by atoms with van der Waals surface area (Å²) in [5, 5.41) is 8.84. The largest absolute Gasteiger partial charge is 0.478 e. The zero-order valence-corrected chi connectivity index (χ0v) is 12.1. The van der Waals surface area contributed by atoms with E-state index in [0.29, 0.717) is 6.42 Å². The van der Waals surface area contributed by atoms with Crippen LogP contribution in [0.15, 0.2) is 24.3 Å². The van der Waals surface area contributed by atoms with E-state index in [0.717, 1.165) is 0 Å². The summed E-state index contributed by atoms with van der Waals surface area (Å²) in [5.41, 5.74) is 0.252. The highest BCUT2D eigenvalue weighted by atomic mass is 32.2. The molecule has 1 rings (SSSR count). The molecule has 1 aromatic rings. The third-order valence-electron chi connectivity index (χ3n) is 2.50. The number of carboxylic acids is 1. The number of nitrogens with one attached hydrogen (secondary N) is 1. The molecular formula is C13H19NO4S. The third-order valence-corrected chi connectivity index (χ3v) is 3.79. The van der Waals surface area contributed by atoms with E-state index in [9.17, 15) is 13.2 Å². The van der Waals surface area contributed by atoms with Crippen molar-refractivity contribution in [3.63, 3.8) is 0 Å². The molecule has 0 heterocycles. The number of aromatic carboxylic acids is 1. The molecule has 0 aliphatic rings. The number of rotatable bonds is 5. The van der Waals surface area contributed by atoms with Crippen molar-refractivity contribution in [2.75, 3.05) is 10.5 Å². The lowest BCUT2D eigenvalue weighted by Crippen LogP contribution is -2.21. The van der Waals surface area contributed by atoms with Crippen molar-refractivity contribution in [1.29, 1.82) is 0 Å². The van der Waals surface area contributed by atoms with Gasteiger partial charge in [-0.2, -0.15) is 0 Å². The first-order valence-corrected chi connectivity index (χ1v) is 7.58. The Morgan fingerprint density at radius 1 is 1.32 bits per heavy atom. The van der Waals surface area contributed by atoms with Crippen LogP contribution in [0.25, 0.3) is 0 Å². The molecule has 0 aliphatic carbocycles. The number of hydrogen-bond donors (Lipinski definition) is 2. The van der Waals surface area contributed by atoms with Crippen LogP contribution >= 0.6 is 0 Å². The van der Waals surface area contributed by atoms with Crippen LogP contribution in [-0.2, 0) is 10.0 Å². The van der Waals surface area contributed by atoms with Crippen LogP contribution in [0.3, 0.4) is 0 Å². The van der Waals surface area contributed by atoms with Crippen molar-refractivity contribution in [2.24, 2.45) is 5.41 Å². The number of anilines is 1. The van der Waals surface area contributed by atoms with Crippen molar-refractivity contribution in [3.8, 4) is 0 Å². The van der Waals surface area contributed by atoms with E-state index in [1.807, 2.05) is 20.8 Å². The molecule has 6 heteroatoms. The second kappa shape index (κ2) is 5.61. The first-order valence-electron chi connectivity index (χ1n) is 5.93. The molecule has 0 saturated heterocycles. The Morgan fingerprint density at radius 3 is 2.47 bits per heavy atom. The highest BCUT2D eigenvalue weighted by Crippen LogP contribution is 2.20. The van der Waals surface area contributed by atoms with Gasteiger partial charge < -0.3 is 5.11 Å². The summed E-state index contributed by atoms with van der Waals surface area (Å²) in [6.07, 6.45) is 0.529. The Kier molecular flexibility index (Phi) is 4.57. The average molecular weight is 285 g/mol. The molecule has 0 aliphatic heterocycles. The zero-order valence-electron chi connectivity index (χ0n) is 11.3. The second-order valence-corrected chi connectivity index (χ2v) is 7.46. The molecule has 2 N–H and O–H groups in total. The molecule has 0 unspecified atom stereocenters. The minimum Gasteiger partial charge on any atom is -0.478 e. The van der Waals surface area contributed by atoms with Crippen molar-refractivity contribution in [3.05, 3.63) is 29.8 Å². The van der Waals surface area contributed by atoms with Crippen molar-refractivity contribution in [1.82, 2.24) is 0 Å². The minimum absolute atomic E-state index is 0.00774. The molecule has 106 valence electrons. The summed E-state index contributed by atoms with van der Waals surface area (Å²) in [6, 6.07) is 5.75. The number of benzene rings is 1. The molecule has 0 spiro atoms. The smallest absolute Gasteiger partial charge is 0.335 e. The summed E-state index contributed by atoms with van der Waals surface area (Å²) in [5.74, 6) is -1.08. The number of carboxylic acid groups (broad SMARTS) is 1. The number of carbonyl (C=O) groups is 1. The van der Waals surface area contributed by atoms with Crippen LogP contribution in [0.5, 0.6) is 0 Å². The minimum atomic E-state index is -3.45. The van der Waals surface area contributed by atoms with Gasteiger partial charge in [0.2, 0.25) is 10.0 Å². The topological polar surface area (TPSA) is 83.5 Å². The first kappa shape index (κ1) is 15.5. The zero-order chi connectivity index (χ0) is 14.7. The first-order chi connectivity index (χ1) is 8.59. The van der Waals surface area contributed by atoms with E-state index < -0.39 is 16.0 Å². The molecule has 19 heavy (non-hydrogen) atoms. The predicted molar refractivity (Wildman–Crippen MR) is 74.9 cm³/mol. The van der Waals surface area contributed by atoms with Gasteiger partial charge in [0.1, 0.15) is 0 Å². The van der Waals surface area contributed by atoms with Crippen LogP contribution in [0, 0.1) is 5.41 Å². The molecule has 0 bridgehead atoms. The third kappa shape index (κ3) is 5.74. The van der Waals surface area contributed by atoms with Gasteiger partial charge in [0, 0.05) is 5.69 Å². The Balaban J connectivity index is 2.78. The standard InChI is InChI=1S/C13H19NO4S/c1-13(2,3)7-8-19(17,18)14-11-6-4-5-10(9-11)12(15)16/h4-6,9,14H,7-8H2,1-3H3,(H,15,16). The molecule has 0 radical (unpaired) electrons. The van der Waals surface area contributed by atoms with Gasteiger partial charge in [0.05, 0.1) is 11.3 Å². The van der Waals surface area contributed by atoms with Crippen LogP contribution in [0.2, 0.25) is 0 Å². The SMILES string of the molecule is CC(C)(C)CCS(=O)(=O)Nc1cccc(C(=O)O)c1. The van der Waals surface area contributed by atoms with E-state index >= 15 is 0 Å². The summed E-state index contributed by atoms with van der Waals surface area (Å²) < 4.78 is 26.1. The quantitative estimate of drug-likeness (QED) is 0.871. The van der Waals surface area contributed by atoms with E-state index in [1.54, 1.807) is 0 Å². The maximum absolute atomic E-state index is 11.9. The van der Waals surface area contributed by atoms with Gasteiger partial charge in [-0.1, -0.05) is 26.8 Å². The summed E-state index contributed by atoms with van der Waals surface area (Å²) in [7, 11) is -3.45. The monoisotopic (exact) mass is 285 g/mol. The highest BCUT2D eigenvalue weighted by molar-refractivity contribution is 7.92. The molecule has 0 atom stereocenters. The van der Waals surface area contributed by atoms with Crippen molar-refractivity contribution < 1.29 is 18.3 Å². The second-order valence-electron chi connectivity index (χ2n) is 5.62. The van der Waals surface area contributed by atoms with Gasteiger partial charge in [-0.3, -0.25) is 4.72 Å². The highest BCUT2D eigenvalue weighted by Gasteiger charge is 2.17. The number of hydrogen-bond acceptors (Lipinski definition) is 3. The van der Waals surface area contributed by atoms with Crippen molar-refractivity contribution >= 4 is 21.7 Å². The summed E-state index contributed by atoms with van der Waals surface area (Å²) >= 11 is 0. The fourth-order valence-electron chi connectivity index (χ4n) is 1.39. The van der Waals surface area contributed by atoms with Gasteiger partial charge in [-0.05, 0) is 30.0 Å². The molecular weight excluding hydrogens is 266 g/mol. The maximum atomic E-state index is 11.9. The van der Waals surface area contributed by atoms with E-state index in [-0.39, 0.29) is 22.4 Å². The maximum Gasteiger partial charge on any atom is 0.335 e. The van der Waals surface area contributed by atoms with Gasteiger partial charge >= 0.3 is 5.97 Å². The van der Waals surface area contributed by atoms with Crippen molar-refractivity contribution in [2.45, 2.75) is 27.2 Å². The Labute approximate surface area is 113 Å². The molecule has 0 aromatic heterocycles. The van der Waals surface area contributed by atoms with Crippen LogP contribution < -0.4 is 4.72 Å². The van der Waals surface area contributed by atoms with Gasteiger partial charge in [0.15, 0.2) is 0 Å².